The van der Waals surface area contributed by atoms with Gasteiger partial charge < -0.3 is 20.7 Å². The molecule has 1 amide bonds. The second kappa shape index (κ2) is 15.1. The lowest BCUT2D eigenvalue weighted by Crippen LogP contribution is -2.48. The van der Waals surface area contributed by atoms with Crippen LogP contribution < -0.4 is 20.7 Å². The van der Waals surface area contributed by atoms with Gasteiger partial charge in [0.2, 0.25) is 0 Å². The van der Waals surface area contributed by atoms with Crippen molar-refractivity contribution in [2.45, 2.75) is 39.3 Å². The van der Waals surface area contributed by atoms with Crippen LogP contribution in [-0.2, 0) is 11.3 Å². The average Bonchev–Trinajstić information content (AvgIpc) is 2.73. The number of carbonyl (C=O) groups is 1. The molecule has 1 aliphatic heterocycles. The fourth-order valence-electron chi connectivity index (χ4n) is 3.26. The monoisotopic (exact) mass is 529 g/mol. The third-order valence-corrected chi connectivity index (χ3v) is 4.72. The molecule has 8 heteroatoms. The molecule has 0 radical (unpaired) electrons. The molecule has 168 valence electrons. The van der Waals surface area contributed by atoms with E-state index in [1.165, 1.54) is 0 Å². The summed E-state index contributed by atoms with van der Waals surface area (Å²) in [6, 6.07) is 8.15. The van der Waals surface area contributed by atoms with Gasteiger partial charge in [-0.1, -0.05) is 18.2 Å². The van der Waals surface area contributed by atoms with Gasteiger partial charge in [0.15, 0.2) is 12.6 Å². The predicted molar refractivity (Wildman–Crippen MR) is 134 cm³/mol. The molecular weight excluding hydrogens is 493 g/mol. The van der Waals surface area contributed by atoms with Gasteiger partial charge in [-0.05, 0) is 44.4 Å². The van der Waals surface area contributed by atoms with E-state index in [0.717, 1.165) is 50.5 Å². The van der Waals surface area contributed by atoms with Crippen LogP contribution in [0.3, 0.4) is 0 Å². The molecule has 30 heavy (non-hydrogen) atoms. The molecule has 0 aromatic heterocycles. The smallest absolute Gasteiger partial charge is 0.257 e. The molecule has 7 nitrogen and oxygen atoms in total. The van der Waals surface area contributed by atoms with Crippen LogP contribution in [-0.4, -0.2) is 62.1 Å². The van der Waals surface area contributed by atoms with Crippen molar-refractivity contribution in [2.75, 3.05) is 39.3 Å². The Balaban J connectivity index is 0.00000450. The highest BCUT2D eigenvalue weighted by atomic mass is 127. The lowest BCUT2D eigenvalue weighted by Gasteiger charge is -2.32. The maximum absolute atomic E-state index is 11.6. The first-order chi connectivity index (χ1) is 14.1. The summed E-state index contributed by atoms with van der Waals surface area (Å²) in [5.41, 5.74) is 1.04. The van der Waals surface area contributed by atoms with Crippen LogP contribution in [0.2, 0.25) is 0 Å². The van der Waals surface area contributed by atoms with E-state index < -0.39 is 0 Å². The zero-order valence-electron chi connectivity index (χ0n) is 18.2. The highest BCUT2D eigenvalue weighted by Gasteiger charge is 2.19. The van der Waals surface area contributed by atoms with Gasteiger partial charge in [-0.15, -0.1) is 30.6 Å². The van der Waals surface area contributed by atoms with Crippen LogP contribution in [0.15, 0.2) is 41.9 Å². The van der Waals surface area contributed by atoms with Gasteiger partial charge >= 0.3 is 0 Å². The number of rotatable bonds is 10. The third-order valence-electron chi connectivity index (χ3n) is 4.72. The first kappa shape index (κ1) is 26.2. The number of halogens is 1. The Morgan fingerprint density at radius 2 is 2.00 bits per heavy atom. The average molecular weight is 529 g/mol. The normalized spacial score (nSPS) is 15.1. The number of carbonyl (C=O) groups excluding carboxylic acids is 1. The quantitative estimate of drug-likeness (QED) is 0.188. The third kappa shape index (κ3) is 9.80. The van der Waals surface area contributed by atoms with Gasteiger partial charge in [-0.25, -0.2) is 4.99 Å². The molecule has 0 spiro atoms. The first-order valence-electron chi connectivity index (χ1n) is 10.5. The Morgan fingerprint density at radius 3 is 2.67 bits per heavy atom. The molecular formula is C22H36IN5O2. The number of guanidine groups is 1. The van der Waals surface area contributed by atoms with Crippen LogP contribution in [0.4, 0.5) is 0 Å². The number of nitrogens with one attached hydrogen (secondary N) is 3. The van der Waals surface area contributed by atoms with Crippen LogP contribution >= 0.6 is 24.0 Å². The van der Waals surface area contributed by atoms with Crippen LogP contribution in [0.1, 0.15) is 32.3 Å². The van der Waals surface area contributed by atoms with Gasteiger partial charge in [-0.3, -0.25) is 9.69 Å². The number of benzene rings is 1. The summed E-state index contributed by atoms with van der Waals surface area (Å²) in [5.74, 6) is 1.40. The van der Waals surface area contributed by atoms with Crippen molar-refractivity contribution in [3.63, 3.8) is 0 Å². The minimum Gasteiger partial charge on any atom is -0.484 e. The molecule has 0 atom stereocenters. The molecule has 1 fully saturated rings. The fourth-order valence-corrected chi connectivity index (χ4v) is 3.26. The van der Waals surface area contributed by atoms with E-state index in [-0.39, 0.29) is 36.5 Å². The number of aliphatic imine (C=N–C) groups is 1. The Hall–Kier alpha value is -1.81. The highest BCUT2D eigenvalue weighted by Crippen LogP contribution is 2.14. The second-order valence-electron chi connectivity index (χ2n) is 7.09. The summed E-state index contributed by atoms with van der Waals surface area (Å²) in [6.45, 7) is 12.9. The highest BCUT2D eigenvalue weighted by molar-refractivity contribution is 14.0. The summed E-state index contributed by atoms with van der Waals surface area (Å²) in [4.78, 5) is 18.7. The van der Waals surface area contributed by atoms with Gasteiger partial charge in [0, 0.05) is 38.8 Å². The minimum atomic E-state index is -0.117. The zero-order chi connectivity index (χ0) is 20.9. The van der Waals surface area contributed by atoms with Crippen LogP contribution in [0.5, 0.6) is 5.75 Å². The predicted octanol–water partition coefficient (Wildman–Crippen LogP) is 2.52. The molecule has 0 unspecified atom stereocenters. The maximum atomic E-state index is 11.6. The Bertz CT molecular complexity index is 675. The van der Waals surface area contributed by atoms with Crippen molar-refractivity contribution >= 4 is 35.8 Å². The van der Waals surface area contributed by atoms with Gasteiger partial charge in [0.25, 0.3) is 5.91 Å². The number of hydrogen-bond acceptors (Lipinski definition) is 4. The van der Waals surface area contributed by atoms with E-state index in [1.54, 1.807) is 0 Å². The number of nitrogens with zero attached hydrogens (tertiary/aromatic N) is 2. The molecule has 1 heterocycles. The number of likely N-dealkylation sites (tertiary alicyclic amines) is 1. The number of likely N-dealkylation sites (N-methyl/N-ethyl adjacent to an activating group) is 1. The molecule has 0 bridgehead atoms. The Labute approximate surface area is 197 Å². The van der Waals surface area contributed by atoms with Crippen molar-refractivity contribution < 1.29 is 9.53 Å². The molecule has 1 aliphatic rings. The molecule has 1 aromatic carbocycles. The fraction of sp³-hybridized carbons (Fsp3) is 0.545. The van der Waals surface area contributed by atoms with Crippen molar-refractivity contribution in [1.82, 2.24) is 20.9 Å². The number of piperidine rings is 1. The maximum Gasteiger partial charge on any atom is 0.257 e. The lowest BCUT2D eigenvalue weighted by atomic mass is 10.1. The summed E-state index contributed by atoms with van der Waals surface area (Å²) in [5, 5.41) is 9.61. The minimum absolute atomic E-state index is 0. The van der Waals surface area contributed by atoms with Gasteiger partial charge in [-0.2, -0.15) is 0 Å². The standard InChI is InChI=1S/C22H35N5O2.HI/c1-4-12-27-13-10-19(11-14-27)26-22(24-6-3)25-16-18-8-7-9-20(15-18)29-17-21(28)23-5-2;/h4,7-9,15,19H,1,5-6,10-14,16-17H2,2-3H3,(H,23,28)(H2,24,25,26);1H. The van der Waals surface area contributed by atoms with Crippen LogP contribution in [0, 0.1) is 0 Å². The molecule has 3 N–H and O–H groups in total. The first-order valence-corrected chi connectivity index (χ1v) is 10.5. The van der Waals surface area contributed by atoms with E-state index in [2.05, 4.69) is 34.4 Å². The van der Waals surface area contributed by atoms with Crippen molar-refractivity contribution in [2.24, 2.45) is 4.99 Å². The van der Waals surface area contributed by atoms with Crippen LogP contribution in [0.25, 0.3) is 0 Å². The topological polar surface area (TPSA) is 78.0 Å². The SMILES string of the molecule is C=CCN1CCC(NC(=NCc2cccc(OCC(=O)NCC)c2)NCC)CC1.I. The number of hydrogen-bond donors (Lipinski definition) is 3. The summed E-state index contributed by atoms with van der Waals surface area (Å²) in [6.07, 6.45) is 4.16. The molecule has 1 saturated heterocycles. The van der Waals surface area contributed by atoms with E-state index >= 15 is 0 Å². The Kier molecular flexibility index (Phi) is 13.2. The molecule has 0 saturated carbocycles. The summed E-state index contributed by atoms with van der Waals surface area (Å²) >= 11 is 0. The molecule has 1 aromatic rings. The number of ether oxygens (including phenoxy) is 1. The van der Waals surface area contributed by atoms with Crippen molar-refractivity contribution in [3.8, 4) is 5.75 Å². The largest absolute Gasteiger partial charge is 0.484 e. The summed E-state index contributed by atoms with van der Waals surface area (Å²) in [7, 11) is 0. The zero-order valence-corrected chi connectivity index (χ0v) is 20.5. The van der Waals surface area contributed by atoms with E-state index in [1.807, 2.05) is 37.3 Å². The number of amides is 1. The lowest BCUT2D eigenvalue weighted by molar-refractivity contribution is -0.122. The van der Waals surface area contributed by atoms with E-state index in [4.69, 9.17) is 9.73 Å². The second-order valence-corrected chi connectivity index (χ2v) is 7.09. The van der Waals surface area contributed by atoms with Crippen molar-refractivity contribution in [1.29, 1.82) is 0 Å². The van der Waals surface area contributed by atoms with Crippen molar-refractivity contribution in [3.05, 3.63) is 42.5 Å². The van der Waals surface area contributed by atoms with Gasteiger partial charge in [0.1, 0.15) is 5.75 Å². The summed E-state index contributed by atoms with van der Waals surface area (Å²) < 4.78 is 5.56. The molecule has 0 aliphatic carbocycles. The van der Waals surface area contributed by atoms with E-state index in [0.29, 0.717) is 24.9 Å². The molecule has 2 rings (SSSR count). The van der Waals surface area contributed by atoms with Gasteiger partial charge in [0.05, 0.1) is 6.54 Å². The Morgan fingerprint density at radius 1 is 1.27 bits per heavy atom. The van der Waals surface area contributed by atoms with E-state index in [9.17, 15) is 4.79 Å².